The van der Waals surface area contributed by atoms with Gasteiger partial charge in [-0.2, -0.15) is 0 Å². The van der Waals surface area contributed by atoms with Gasteiger partial charge in [0.25, 0.3) is 0 Å². The van der Waals surface area contributed by atoms with E-state index in [4.69, 9.17) is 0 Å². The molecule has 0 saturated heterocycles. The van der Waals surface area contributed by atoms with Gasteiger partial charge in [-0.05, 0) is 24.0 Å². The second kappa shape index (κ2) is 5.71. The van der Waals surface area contributed by atoms with Crippen molar-refractivity contribution in [2.75, 3.05) is 5.32 Å². The van der Waals surface area contributed by atoms with Crippen LogP contribution >= 0.6 is 0 Å². The van der Waals surface area contributed by atoms with Crippen LogP contribution in [0.25, 0.3) is 0 Å². The van der Waals surface area contributed by atoms with E-state index in [2.05, 4.69) is 42.3 Å². The number of rotatable bonds is 5. The molecule has 0 aliphatic carbocycles. The summed E-state index contributed by atoms with van der Waals surface area (Å²) in [5.41, 5.74) is 5.26. The topological polar surface area (TPSA) is 29.9 Å². The van der Waals surface area contributed by atoms with Crippen LogP contribution in [0.5, 0.6) is 0 Å². The summed E-state index contributed by atoms with van der Waals surface area (Å²) in [5, 5.41) is 3.57. The van der Waals surface area contributed by atoms with Crippen LogP contribution in [0, 0.1) is 0 Å². The Hall–Kier alpha value is -1.77. The second-order valence-corrected chi connectivity index (χ2v) is 4.51. The number of nitrogens with one attached hydrogen (secondary N) is 1. The number of para-hydroxylation sites is 1. The number of nitrogens with zero attached hydrogens (tertiary/aromatic N) is 2. The third-order valence-electron chi connectivity index (χ3n) is 3.36. The third-order valence-corrected chi connectivity index (χ3v) is 3.36. The van der Waals surface area contributed by atoms with Crippen LogP contribution in [-0.4, -0.2) is 9.55 Å². The molecule has 0 amide bonds. The Morgan fingerprint density at radius 2 is 1.83 bits per heavy atom. The molecule has 0 atom stereocenters. The molecule has 0 unspecified atom stereocenters. The Labute approximate surface area is 109 Å². The molecule has 3 heteroatoms. The van der Waals surface area contributed by atoms with Crippen molar-refractivity contribution in [1.82, 2.24) is 9.55 Å². The van der Waals surface area contributed by atoms with Crippen molar-refractivity contribution >= 4 is 5.69 Å². The Morgan fingerprint density at radius 3 is 2.33 bits per heavy atom. The van der Waals surface area contributed by atoms with E-state index in [0.29, 0.717) is 0 Å². The van der Waals surface area contributed by atoms with Crippen LogP contribution in [0.4, 0.5) is 5.69 Å². The highest BCUT2D eigenvalue weighted by Gasteiger charge is 2.06. The highest BCUT2D eigenvalue weighted by molar-refractivity contribution is 5.57. The van der Waals surface area contributed by atoms with Crippen molar-refractivity contribution in [3.8, 4) is 0 Å². The summed E-state index contributed by atoms with van der Waals surface area (Å²) in [7, 11) is 2.02. The fourth-order valence-corrected chi connectivity index (χ4v) is 2.20. The molecule has 0 aliphatic rings. The van der Waals surface area contributed by atoms with E-state index in [9.17, 15) is 0 Å². The Bertz CT molecular complexity index is 492. The van der Waals surface area contributed by atoms with Crippen LogP contribution < -0.4 is 5.32 Å². The van der Waals surface area contributed by atoms with Gasteiger partial charge in [0.15, 0.2) is 0 Å². The van der Waals surface area contributed by atoms with E-state index in [0.717, 1.165) is 19.4 Å². The maximum atomic E-state index is 4.14. The van der Waals surface area contributed by atoms with Gasteiger partial charge >= 0.3 is 0 Å². The summed E-state index contributed by atoms with van der Waals surface area (Å²) < 4.78 is 2.05. The lowest BCUT2D eigenvalue weighted by Gasteiger charge is -2.15. The quantitative estimate of drug-likeness (QED) is 0.874. The van der Waals surface area contributed by atoms with Gasteiger partial charge in [-0.25, -0.2) is 4.98 Å². The van der Waals surface area contributed by atoms with E-state index >= 15 is 0 Å². The molecule has 1 heterocycles. The number of aromatic nitrogens is 2. The Kier molecular flexibility index (Phi) is 4.03. The molecular weight excluding hydrogens is 222 g/mol. The largest absolute Gasteiger partial charge is 0.379 e. The predicted octanol–water partition coefficient (Wildman–Crippen LogP) is 3.16. The van der Waals surface area contributed by atoms with E-state index in [-0.39, 0.29) is 0 Å². The number of imidazole rings is 1. The van der Waals surface area contributed by atoms with Gasteiger partial charge in [0.05, 0.1) is 18.6 Å². The van der Waals surface area contributed by atoms with Crippen LogP contribution in [0.2, 0.25) is 0 Å². The summed E-state index contributed by atoms with van der Waals surface area (Å²) in [4.78, 5) is 4.14. The van der Waals surface area contributed by atoms with Gasteiger partial charge < -0.3 is 9.88 Å². The van der Waals surface area contributed by atoms with Crippen molar-refractivity contribution < 1.29 is 0 Å². The highest BCUT2D eigenvalue weighted by atomic mass is 15.0. The zero-order valence-electron chi connectivity index (χ0n) is 11.4. The number of anilines is 1. The van der Waals surface area contributed by atoms with Crippen molar-refractivity contribution in [1.29, 1.82) is 0 Å². The number of aryl methyl sites for hydroxylation is 3. The predicted molar refractivity (Wildman–Crippen MR) is 75.7 cm³/mol. The van der Waals surface area contributed by atoms with E-state index in [1.807, 2.05) is 24.1 Å². The zero-order chi connectivity index (χ0) is 13.0. The monoisotopic (exact) mass is 243 g/mol. The molecule has 1 aromatic heterocycles. The maximum absolute atomic E-state index is 4.14. The lowest BCUT2D eigenvalue weighted by Crippen LogP contribution is -2.07. The maximum Gasteiger partial charge on any atom is 0.0946 e. The first-order valence-corrected chi connectivity index (χ1v) is 6.56. The van der Waals surface area contributed by atoms with Gasteiger partial charge in [0, 0.05) is 18.9 Å². The third kappa shape index (κ3) is 2.55. The molecule has 1 aromatic carbocycles. The number of hydrogen-bond acceptors (Lipinski definition) is 2. The Morgan fingerprint density at radius 1 is 1.17 bits per heavy atom. The minimum Gasteiger partial charge on any atom is -0.379 e. The molecule has 0 saturated carbocycles. The average molecular weight is 243 g/mol. The first kappa shape index (κ1) is 12.7. The minimum atomic E-state index is 0.820. The number of hydrogen-bond donors (Lipinski definition) is 1. The van der Waals surface area contributed by atoms with Crippen molar-refractivity contribution in [2.24, 2.45) is 7.05 Å². The van der Waals surface area contributed by atoms with Crippen LogP contribution in [0.1, 0.15) is 30.7 Å². The SMILES string of the molecule is CCc1cccc(CC)c1NCc1cncn1C. The summed E-state index contributed by atoms with van der Waals surface area (Å²) >= 11 is 0. The molecule has 0 bridgehead atoms. The molecule has 18 heavy (non-hydrogen) atoms. The fourth-order valence-electron chi connectivity index (χ4n) is 2.20. The molecule has 96 valence electrons. The molecule has 1 N–H and O–H groups in total. The second-order valence-electron chi connectivity index (χ2n) is 4.51. The molecule has 0 spiro atoms. The molecule has 3 nitrogen and oxygen atoms in total. The molecule has 2 aromatic rings. The number of benzene rings is 1. The van der Waals surface area contributed by atoms with Gasteiger partial charge in [-0.1, -0.05) is 32.0 Å². The smallest absolute Gasteiger partial charge is 0.0946 e. The summed E-state index contributed by atoms with van der Waals surface area (Å²) in [6, 6.07) is 6.54. The van der Waals surface area contributed by atoms with Gasteiger partial charge in [0.2, 0.25) is 0 Å². The molecule has 0 aliphatic heterocycles. The van der Waals surface area contributed by atoms with Crippen LogP contribution in [0.3, 0.4) is 0 Å². The molecule has 2 rings (SSSR count). The molecule has 0 radical (unpaired) electrons. The zero-order valence-corrected chi connectivity index (χ0v) is 11.4. The summed E-state index contributed by atoms with van der Waals surface area (Å²) in [5.74, 6) is 0. The summed E-state index contributed by atoms with van der Waals surface area (Å²) in [6.07, 6.45) is 5.86. The standard InChI is InChI=1S/C15H21N3/c1-4-12-7-6-8-13(5-2)15(12)17-10-14-9-16-11-18(14)3/h6-9,11,17H,4-5,10H2,1-3H3. The van der Waals surface area contributed by atoms with Crippen molar-refractivity contribution in [3.05, 3.63) is 47.5 Å². The van der Waals surface area contributed by atoms with Crippen LogP contribution in [-0.2, 0) is 26.4 Å². The van der Waals surface area contributed by atoms with Gasteiger partial charge in [0.1, 0.15) is 0 Å². The van der Waals surface area contributed by atoms with E-state index < -0.39 is 0 Å². The molecular formula is C15H21N3. The minimum absolute atomic E-state index is 0.820. The molecule has 0 fully saturated rings. The lowest BCUT2D eigenvalue weighted by atomic mass is 10.0. The van der Waals surface area contributed by atoms with Gasteiger partial charge in [-0.15, -0.1) is 0 Å². The van der Waals surface area contributed by atoms with Crippen molar-refractivity contribution in [2.45, 2.75) is 33.2 Å². The lowest BCUT2D eigenvalue weighted by molar-refractivity contribution is 0.835. The fraction of sp³-hybridized carbons (Fsp3) is 0.400. The first-order chi connectivity index (χ1) is 8.76. The van der Waals surface area contributed by atoms with E-state index in [1.165, 1.54) is 22.5 Å². The highest BCUT2D eigenvalue weighted by Crippen LogP contribution is 2.23. The van der Waals surface area contributed by atoms with Crippen LogP contribution in [0.15, 0.2) is 30.7 Å². The van der Waals surface area contributed by atoms with Gasteiger partial charge in [-0.3, -0.25) is 0 Å². The van der Waals surface area contributed by atoms with Crippen molar-refractivity contribution in [3.63, 3.8) is 0 Å². The van der Waals surface area contributed by atoms with E-state index in [1.54, 1.807) is 0 Å². The average Bonchev–Trinajstić information content (AvgIpc) is 2.81. The summed E-state index contributed by atoms with van der Waals surface area (Å²) in [6.45, 7) is 5.22. The normalized spacial score (nSPS) is 10.6. The first-order valence-electron chi connectivity index (χ1n) is 6.56. The Balaban J connectivity index is 2.20.